The molecule has 0 spiro atoms. The van der Waals surface area contributed by atoms with E-state index in [1.54, 1.807) is 7.11 Å². The normalized spacial score (nSPS) is 18.0. The van der Waals surface area contributed by atoms with Gasteiger partial charge in [0.15, 0.2) is 17.3 Å². The Hall–Kier alpha value is -3.13. The van der Waals surface area contributed by atoms with Gasteiger partial charge in [-0.15, -0.1) is 5.10 Å². The molecule has 3 heterocycles. The molecule has 1 aromatic heterocycles. The van der Waals surface area contributed by atoms with E-state index in [-0.39, 0.29) is 12.8 Å². The van der Waals surface area contributed by atoms with Gasteiger partial charge >= 0.3 is 0 Å². The average Bonchev–Trinajstić information content (AvgIpc) is 3.38. The zero-order valence-corrected chi connectivity index (χ0v) is 17.0. The van der Waals surface area contributed by atoms with Crippen molar-refractivity contribution in [3.63, 3.8) is 0 Å². The van der Waals surface area contributed by atoms with E-state index in [9.17, 15) is 0 Å². The van der Waals surface area contributed by atoms with Gasteiger partial charge in [0, 0.05) is 12.1 Å². The van der Waals surface area contributed by atoms with Gasteiger partial charge in [-0.3, -0.25) is 4.90 Å². The number of fused-ring (bicyclic) bond motifs is 2. The van der Waals surface area contributed by atoms with Crippen molar-refractivity contribution in [2.45, 2.75) is 26.3 Å². The van der Waals surface area contributed by atoms with Gasteiger partial charge in [0.25, 0.3) is 0 Å². The lowest BCUT2D eigenvalue weighted by molar-refractivity contribution is 0.170. The monoisotopic (exact) mass is 393 g/mol. The van der Waals surface area contributed by atoms with Crippen LogP contribution in [0.5, 0.6) is 17.2 Å². The van der Waals surface area contributed by atoms with E-state index in [1.807, 2.05) is 10.7 Å². The van der Waals surface area contributed by atoms with E-state index in [2.05, 4.69) is 59.5 Å². The molecule has 5 rings (SSSR count). The Bertz CT molecular complexity index is 1090. The number of rotatable bonds is 3. The van der Waals surface area contributed by atoms with Crippen molar-refractivity contribution in [2.24, 2.45) is 0 Å². The van der Waals surface area contributed by atoms with Crippen molar-refractivity contribution >= 4 is 0 Å². The van der Waals surface area contributed by atoms with E-state index in [4.69, 9.17) is 14.2 Å². The first-order chi connectivity index (χ1) is 14.1. The molecule has 0 N–H and O–H groups in total. The summed E-state index contributed by atoms with van der Waals surface area (Å²) in [5.41, 5.74) is 5.57. The second-order valence-corrected chi connectivity index (χ2v) is 7.57. The number of tetrazole rings is 1. The van der Waals surface area contributed by atoms with Crippen LogP contribution in [0.2, 0.25) is 0 Å². The molecule has 0 saturated carbocycles. The van der Waals surface area contributed by atoms with Crippen LogP contribution in [0, 0.1) is 13.8 Å². The predicted molar refractivity (Wildman–Crippen MR) is 106 cm³/mol. The van der Waals surface area contributed by atoms with Crippen LogP contribution in [0.25, 0.3) is 5.69 Å². The third-order valence-electron chi connectivity index (χ3n) is 5.87. The number of hydrogen-bond acceptors (Lipinski definition) is 7. The van der Waals surface area contributed by atoms with E-state index >= 15 is 0 Å². The number of benzene rings is 2. The highest BCUT2D eigenvalue weighted by atomic mass is 16.7. The van der Waals surface area contributed by atoms with E-state index in [1.165, 1.54) is 16.7 Å². The largest absolute Gasteiger partial charge is 0.492 e. The SMILES string of the molecule is COc1c2c(cc3c1[C@H](c1nnnn1-c1ccc(C)c(C)c1)N(C)CC3)OCO2. The van der Waals surface area contributed by atoms with Gasteiger partial charge in [0.05, 0.1) is 12.8 Å². The number of nitrogens with zero attached hydrogens (tertiary/aromatic N) is 5. The van der Waals surface area contributed by atoms with Gasteiger partial charge < -0.3 is 14.2 Å². The molecule has 0 unspecified atom stereocenters. The van der Waals surface area contributed by atoms with Crippen molar-refractivity contribution in [1.29, 1.82) is 0 Å². The van der Waals surface area contributed by atoms with Crippen molar-refractivity contribution in [1.82, 2.24) is 25.1 Å². The number of ether oxygens (including phenoxy) is 3. The number of methoxy groups -OCH3 is 1. The second kappa shape index (κ2) is 6.73. The fourth-order valence-electron chi connectivity index (χ4n) is 4.16. The fourth-order valence-corrected chi connectivity index (χ4v) is 4.16. The lowest BCUT2D eigenvalue weighted by Gasteiger charge is -2.34. The highest BCUT2D eigenvalue weighted by Gasteiger charge is 2.37. The number of aryl methyl sites for hydroxylation is 2. The maximum absolute atomic E-state index is 5.80. The summed E-state index contributed by atoms with van der Waals surface area (Å²) in [6.07, 6.45) is 0.889. The predicted octanol–water partition coefficient (Wildman–Crippen LogP) is 2.59. The van der Waals surface area contributed by atoms with Crippen molar-refractivity contribution in [3.8, 4) is 22.9 Å². The highest BCUT2D eigenvalue weighted by Crippen LogP contribution is 2.50. The van der Waals surface area contributed by atoms with Gasteiger partial charge in [-0.1, -0.05) is 6.07 Å². The Morgan fingerprint density at radius 2 is 2.00 bits per heavy atom. The number of hydrogen-bond donors (Lipinski definition) is 0. The molecule has 0 saturated heterocycles. The van der Waals surface area contributed by atoms with Crippen LogP contribution in [0.3, 0.4) is 0 Å². The first kappa shape index (κ1) is 17.9. The topological polar surface area (TPSA) is 74.5 Å². The quantitative estimate of drug-likeness (QED) is 0.677. The molecular formula is C21H23N5O3. The van der Waals surface area contributed by atoms with Crippen LogP contribution in [0.1, 0.15) is 34.1 Å². The Morgan fingerprint density at radius 3 is 2.79 bits per heavy atom. The smallest absolute Gasteiger partial charge is 0.231 e. The molecule has 0 aliphatic carbocycles. The van der Waals surface area contributed by atoms with Gasteiger partial charge in [0.2, 0.25) is 12.5 Å². The van der Waals surface area contributed by atoms with Gasteiger partial charge in [-0.2, -0.15) is 4.68 Å². The second-order valence-electron chi connectivity index (χ2n) is 7.57. The lowest BCUT2D eigenvalue weighted by atomic mass is 9.90. The minimum atomic E-state index is -0.167. The molecule has 3 aromatic rings. The molecule has 2 aliphatic heterocycles. The molecule has 29 heavy (non-hydrogen) atoms. The molecule has 2 aliphatic rings. The minimum absolute atomic E-state index is 0.167. The van der Waals surface area contributed by atoms with Crippen LogP contribution in [-0.4, -0.2) is 52.6 Å². The van der Waals surface area contributed by atoms with Gasteiger partial charge in [-0.25, -0.2) is 0 Å². The Labute approximate surface area is 169 Å². The third-order valence-corrected chi connectivity index (χ3v) is 5.87. The molecule has 0 bridgehead atoms. The summed E-state index contributed by atoms with van der Waals surface area (Å²) in [7, 11) is 3.74. The van der Waals surface area contributed by atoms with Crippen LogP contribution in [0.4, 0.5) is 0 Å². The summed E-state index contributed by atoms with van der Waals surface area (Å²) in [6, 6.07) is 8.14. The number of aromatic nitrogens is 4. The molecule has 150 valence electrons. The fraction of sp³-hybridized carbons (Fsp3) is 0.381. The molecule has 0 amide bonds. The Kier molecular flexibility index (Phi) is 4.16. The lowest BCUT2D eigenvalue weighted by Crippen LogP contribution is -2.35. The van der Waals surface area contributed by atoms with Crippen LogP contribution in [0.15, 0.2) is 24.3 Å². The van der Waals surface area contributed by atoms with Gasteiger partial charge in [-0.05, 0) is 72.6 Å². The summed E-state index contributed by atoms with van der Waals surface area (Å²) in [6.45, 7) is 5.27. The van der Waals surface area contributed by atoms with Gasteiger partial charge in [0.1, 0.15) is 6.04 Å². The molecule has 0 fully saturated rings. The molecular weight excluding hydrogens is 370 g/mol. The standard InChI is InChI=1S/C21H23N5O3/c1-12-5-6-15(9-13(12)2)26-21(22-23-24-26)18-17-14(7-8-25(18)3)10-16-19(20(17)27-4)29-11-28-16/h5-6,9-10,18H,7-8,11H2,1-4H3/t18-/m1/s1. The van der Waals surface area contributed by atoms with Crippen molar-refractivity contribution in [2.75, 3.05) is 27.5 Å². The molecule has 8 heteroatoms. The van der Waals surface area contributed by atoms with Crippen LogP contribution in [-0.2, 0) is 6.42 Å². The van der Waals surface area contributed by atoms with Crippen molar-refractivity contribution < 1.29 is 14.2 Å². The van der Waals surface area contributed by atoms with Crippen molar-refractivity contribution in [3.05, 3.63) is 52.3 Å². The van der Waals surface area contributed by atoms with E-state index in [0.717, 1.165) is 35.8 Å². The first-order valence-electron chi connectivity index (χ1n) is 9.64. The summed E-state index contributed by atoms with van der Waals surface area (Å²) in [4.78, 5) is 2.25. The Morgan fingerprint density at radius 1 is 1.14 bits per heavy atom. The van der Waals surface area contributed by atoms with E-state index in [0.29, 0.717) is 11.5 Å². The average molecular weight is 393 g/mol. The molecule has 0 radical (unpaired) electrons. The summed E-state index contributed by atoms with van der Waals surface area (Å²) < 4.78 is 18.9. The molecule has 1 atom stereocenters. The summed E-state index contributed by atoms with van der Waals surface area (Å²) >= 11 is 0. The Balaban J connectivity index is 1.69. The zero-order chi connectivity index (χ0) is 20.1. The van der Waals surface area contributed by atoms with Crippen LogP contribution >= 0.6 is 0 Å². The summed E-state index contributed by atoms with van der Waals surface area (Å²) in [5, 5.41) is 12.7. The summed E-state index contributed by atoms with van der Waals surface area (Å²) in [5.74, 6) is 2.82. The molecule has 2 aromatic carbocycles. The third kappa shape index (κ3) is 2.74. The molecule has 8 nitrogen and oxygen atoms in total. The minimum Gasteiger partial charge on any atom is -0.492 e. The maximum atomic E-state index is 5.80. The zero-order valence-electron chi connectivity index (χ0n) is 17.0. The first-order valence-corrected chi connectivity index (χ1v) is 9.64. The maximum Gasteiger partial charge on any atom is 0.231 e. The van der Waals surface area contributed by atoms with Crippen LogP contribution < -0.4 is 14.2 Å². The van der Waals surface area contributed by atoms with E-state index < -0.39 is 0 Å². The number of likely N-dealkylation sites (N-methyl/N-ethyl adjacent to an activating group) is 1. The highest BCUT2D eigenvalue weighted by molar-refractivity contribution is 5.62.